The van der Waals surface area contributed by atoms with Crippen LogP contribution in [0.3, 0.4) is 0 Å². The van der Waals surface area contributed by atoms with Gasteiger partial charge in [-0.15, -0.1) is 0 Å². The Labute approximate surface area is 122 Å². The van der Waals surface area contributed by atoms with Crippen LogP contribution in [0.5, 0.6) is 11.5 Å². The van der Waals surface area contributed by atoms with Crippen LogP contribution in [0, 0.1) is 0 Å². The van der Waals surface area contributed by atoms with Crippen molar-refractivity contribution in [1.82, 2.24) is 9.97 Å². The Balaban J connectivity index is 2.07. The molecule has 0 aliphatic heterocycles. The molecule has 0 fully saturated rings. The smallest absolute Gasteiger partial charge is 0.161 e. The number of rotatable bonds is 4. The number of nitrogens with zero attached hydrogens (tertiary/aromatic N) is 1. The van der Waals surface area contributed by atoms with E-state index in [1.807, 2.05) is 36.4 Å². The molecule has 0 aliphatic rings. The van der Waals surface area contributed by atoms with Crippen molar-refractivity contribution in [2.24, 2.45) is 5.73 Å². The molecule has 0 unspecified atom stereocenters. The Morgan fingerprint density at radius 2 is 1.86 bits per heavy atom. The number of nitrogens with two attached hydrogens (primary N) is 1. The van der Waals surface area contributed by atoms with E-state index in [0.29, 0.717) is 18.0 Å². The van der Waals surface area contributed by atoms with Gasteiger partial charge in [0.05, 0.1) is 25.3 Å². The molecule has 3 N–H and O–H groups in total. The summed E-state index contributed by atoms with van der Waals surface area (Å²) < 4.78 is 10.6. The first kappa shape index (κ1) is 13.5. The minimum atomic E-state index is 0.515. The quantitative estimate of drug-likeness (QED) is 0.772. The normalized spacial score (nSPS) is 10.8. The molecule has 0 spiro atoms. The van der Waals surface area contributed by atoms with Gasteiger partial charge in [0.15, 0.2) is 11.5 Å². The van der Waals surface area contributed by atoms with E-state index in [1.54, 1.807) is 14.2 Å². The number of aromatic nitrogens is 2. The number of hydrogen-bond acceptors (Lipinski definition) is 4. The average Bonchev–Trinajstić information content (AvgIpc) is 2.96. The molecule has 108 valence electrons. The minimum absolute atomic E-state index is 0.515. The number of fused-ring (bicyclic) bond motifs is 1. The lowest BCUT2D eigenvalue weighted by Gasteiger charge is -2.08. The molecule has 1 heterocycles. The van der Waals surface area contributed by atoms with Gasteiger partial charge >= 0.3 is 0 Å². The summed E-state index contributed by atoms with van der Waals surface area (Å²) in [6.45, 7) is 0.515. The van der Waals surface area contributed by atoms with Crippen molar-refractivity contribution in [2.45, 2.75) is 6.54 Å². The zero-order valence-electron chi connectivity index (χ0n) is 12.0. The number of imidazole rings is 1. The van der Waals surface area contributed by atoms with Gasteiger partial charge in [0.25, 0.3) is 0 Å². The van der Waals surface area contributed by atoms with E-state index < -0.39 is 0 Å². The van der Waals surface area contributed by atoms with Crippen molar-refractivity contribution in [3.8, 4) is 22.9 Å². The molecule has 3 aromatic rings. The molecule has 1 aromatic heterocycles. The molecule has 5 heteroatoms. The molecule has 0 amide bonds. The second kappa shape index (κ2) is 5.46. The average molecular weight is 283 g/mol. The van der Waals surface area contributed by atoms with Gasteiger partial charge in [-0.3, -0.25) is 0 Å². The Morgan fingerprint density at radius 1 is 1.05 bits per heavy atom. The maximum Gasteiger partial charge on any atom is 0.161 e. The molecule has 0 radical (unpaired) electrons. The number of benzene rings is 2. The van der Waals surface area contributed by atoms with Gasteiger partial charge in [-0.1, -0.05) is 6.07 Å². The van der Waals surface area contributed by atoms with Crippen molar-refractivity contribution < 1.29 is 9.47 Å². The summed E-state index contributed by atoms with van der Waals surface area (Å²) in [5, 5.41) is 0. The number of aromatic amines is 1. The third-order valence-corrected chi connectivity index (χ3v) is 3.44. The summed E-state index contributed by atoms with van der Waals surface area (Å²) in [5.74, 6) is 2.17. The summed E-state index contributed by atoms with van der Waals surface area (Å²) >= 11 is 0. The van der Waals surface area contributed by atoms with E-state index in [0.717, 1.165) is 28.0 Å². The first-order valence-electron chi connectivity index (χ1n) is 6.66. The van der Waals surface area contributed by atoms with Gasteiger partial charge in [-0.25, -0.2) is 4.98 Å². The maximum atomic E-state index is 5.66. The van der Waals surface area contributed by atoms with Gasteiger partial charge in [-0.2, -0.15) is 0 Å². The Bertz CT molecular complexity index is 780. The standard InChI is InChI=1S/C16H17N3O2/c1-20-14-6-4-11(8-15(14)21-2)16-18-12-5-3-10(9-17)7-13(12)19-16/h3-8H,9,17H2,1-2H3,(H,18,19). The fourth-order valence-corrected chi connectivity index (χ4v) is 2.30. The molecule has 0 saturated heterocycles. The SMILES string of the molecule is COc1ccc(-c2nc3ccc(CN)cc3[nH]2)cc1OC. The molecule has 21 heavy (non-hydrogen) atoms. The predicted octanol–water partition coefficient (Wildman–Crippen LogP) is 2.71. The number of methoxy groups -OCH3 is 2. The molecule has 0 saturated carbocycles. The van der Waals surface area contributed by atoms with Gasteiger partial charge in [-0.05, 0) is 35.9 Å². The summed E-state index contributed by atoms with van der Waals surface area (Å²) in [4.78, 5) is 7.91. The van der Waals surface area contributed by atoms with Gasteiger partial charge in [0.2, 0.25) is 0 Å². The fraction of sp³-hybridized carbons (Fsp3) is 0.188. The number of nitrogens with one attached hydrogen (secondary N) is 1. The monoisotopic (exact) mass is 283 g/mol. The van der Waals surface area contributed by atoms with E-state index in [2.05, 4.69) is 9.97 Å². The topological polar surface area (TPSA) is 73.2 Å². The number of H-pyrrole nitrogens is 1. The van der Waals surface area contributed by atoms with Crippen molar-refractivity contribution in [2.75, 3.05) is 14.2 Å². The van der Waals surface area contributed by atoms with Crippen LogP contribution in [0.1, 0.15) is 5.56 Å². The second-order valence-electron chi connectivity index (χ2n) is 4.71. The second-order valence-corrected chi connectivity index (χ2v) is 4.71. The van der Waals surface area contributed by atoms with Crippen LogP contribution in [0.2, 0.25) is 0 Å². The van der Waals surface area contributed by atoms with Crippen LogP contribution in [-0.4, -0.2) is 24.2 Å². The van der Waals surface area contributed by atoms with Crippen LogP contribution in [-0.2, 0) is 6.54 Å². The van der Waals surface area contributed by atoms with E-state index in [4.69, 9.17) is 15.2 Å². The molecular weight excluding hydrogens is 266 g/mol. The van der Waals surface area contributed by atoms with Crippen LogP contribution < -0.4 is 15.2 Å². The fourth-order valence-electron chi connectivity index (χ4n) is 2.30. The summed E-state index contributed by atoms with van der Waals surface area (Å²) in [6.07, 6.45) is 0. The van der Waals surface area contributed by atoms with Crippen LogP contribution in [0.4, 0.5) is 0 Å². The first-order chi connectivity index (χ1) is 10.2. The highest BCUT2D eigenvalue weighted by Gasteiger charge is 2.10. The highest BCUT2D eigenvalue weighted by atomic mass is 16.5. The molecule has 0 aliphatic carbocycles. The lowest BCUT2D eigenvalue weighted by atomic mass is 10.2. The van der Waals surface area contributed by atoms with Gasteiger partial charge in [0, 0.05) is 12.1 Å². The third kappa shape index (κ3) is 2.43. The van der Waals surface area contributed by atoms with Gasteiger partial charge in [0.1, 0.15) is 5.82 Å². The van der Waals surface area contributed by atoms with E-state index in [1.165, 1.54) is 0 Å². The predicted molar refractivity (Wildman–Crippen MR) is 82.5 cm³/mol. The Hall–Kier alpha value is -2.53. The largest absolute Gasteiger partial charge is 0.493 e. The lowest BCUT2D eigenvalue weighted by molar-refractivity contribution is 0.355. The van der Waals surface area contributed by atoms with Crippen LogP contribution >= 0.6 is 0 Å². The third-order valence-electron chi connectivity index (χ3n) is 3.44. The van der Waals surface area contributed by atoms with Crippen LogP contribution in [0.25, 0.3) is 22.4 Å². The van der Waals surface area contributed by atoms with E-state index in [9.17, 15) is 0 Å². The van der Waals surface area contributed by atoms with Crippen molar-refractivity contribution in [3.63, 3.8) is 0 Å². The molecule has 0 atom stereocenters. The Morgan fingerprint density at radius 3 is 2.57 bits per heavy atom. The highest BCUT2D eigenvalue weighted by molar-refractivity contribution is 5.80. The summed E-state index contributed by atoms with van der Waals surface area (Å²) in [7, 11) is 3.24. The zero-order valence-corrected chi connectivity index (χ0v) is 12.0. The number of hydrogen-bond donors (Lipinski definition) is 2. The number of ether oxygens (including phenoxy) is 2. The molecule has 3 rings (SSSR count). The molecule has 2 aromatic carbocycles. The molecule has 0 bridgehead atoms. The van der Waals surface area contributed by atoms with E-state index >= 15 is 0 Å². The zero-order chi connectivity index (χ0) is 14.8. The van der Waals surface area contributed by atoms with Crippen molar-refractivity contribution in [1.29, 1.82) is 0 Å². The maximum absolute atomic E-state index is 5.66. The first-order valence-corrected chi connectivity index (χ1v) is 6.66. The summed E-state index contributed by atoms with van der Waals surface area (Å²) in [6, 6.07) is 11.7. The molecule has 5 nitrogen and oxygen atoms in total. The summed E-state index contributed by atoms with van der Waals surface area (Å²) in [5.41, 5.74) is 9.57. The van der Waals surface area contributed by atoms with E-state index in [-0.39, 0.29) is 0 Å². The van der Waals surface area contributed by atoms with Crippen molar-refractivity contribution >= 4 is 11.0 Å². The van der Waals surface area contributed by atoms with Gasteiger partial charge < -0.3 is 20.2 Å². The minimum Gasteiger partial charge on any atom is -0.493 e. The van der Waals surface area contributed by atoms with Crippen molar-refractivity contribution in [3.05, 3.63) is 42.0 Å². The highest BCUT2D eigenvalue weighted by Crippen LogP contribution is 2.32. The van der Waals surface area contributed by atoms with Crippen LogP contribution in [0.15, 0.2) is 36.4 Å². The lowest BCUT2D eigenvalue weighted by Crippen LogP contribution is -1.95. The molecular formula is C16H17N3O2. The Kier molecular flexibility index (Phi) is 3.50.